The number of benzene rings is 1. The number of allylic oxidation sites excluding steroid dienone is 1. The molecule has 0 radical (unpaired) electrons. The third kappa shape index (κ3) is 5.73. The van der Waals surface area contributed by atoms with Crippen molar-refractivity contribution in [3.63, 3.8) is 0 Å². The Labute approximate surface area is 110 Å². The SMILES string of the molecule is C=C(C)CCC(O)CSc1ccc(Br)cc1. The Kier molecular flexibility index (Phi) is 6.17. The highest BCUT2D eigenvalue weighted by Crippen LogP contribution is 2.22. The molecule has 0 heterocycles. The molecular formula is C13H17BrOS. The molecular weight excluding hydrogens is 284 g/mol. The minimum atomic E-state index is -0.245. The summed E-state index contributed by atoms with van der Waals surface area (Å²) in [5.41, 5.74) is 1.13. The maximum absolute atomic E-state index is 9.74. The van der Waals surface area contributed by atoms with E-state index in [1.54, 1.807) is 11.8 Å². The third-order valence-corrected chi connectivity index (χ3v) is 3.85. The van der Waals surface area contributed by atoms with Gasteiger partial charge in [-0.15, -0.1) is 18.3 Å². The molecule has 1 N–H and O–H groups in total. The first-order valence-corrected chi connectivity index (χ1v) is 7.06. The molecule has 1 rings (SSSR count). The summed E-state index contributed by atoms with van der Waals surface area (Å²) in [4.78, 5) is 1.19. The lowest BCUT2D eigenvalue weighted by atomic mass is 10.1. The lowest BCUT2D eigenvalue weighted by Gasteiger charge is -2.09. The van der Waals surface area contributed by atoms with Crippen molar-refractivity contribution in [1.29, 1.82) is 0 Å². The Hall–Kier alpha value is -0.250. The molecule has 0 saturated carbocycles. The summed E-state index contributed by atoms with van der Waals surface area (Å²) in [6.07, 6.45) is 1.46. The highest BCUT2D eigenvalue weighted by Gasteiger charge is 2.05. The van der Waals surface area contributed by atoms with Crippen molar-refractivity contribution in [1.82, 2.24) is 0 Å². The van der Waals surface area contributed by atoms with E-state index >= 15 is 0 Å². The standard InChI is InChI=1S/C13H17BrOS/c1-10(2)3-6-12(15)9-16-13-7-4-11(14)5-8-13/h4-5,7-8,12,15H,1,3,6,9H2,2H3. The van der Waals surface area contributed by atoms with Crippen molar-refractivity contribution < 1.29 is 5.11 Å². The topological polar surface area (TPSA) is 20.2 Å². The van der Waals surface area contributed by atoms with Gasteiger partial charge in [0, 0.05) is 15.1 Å². The van der Waals surface area contributed by atoms with Gasteiger partial charge in [0.1, 0.15) is 0 Å². The number of rotatable bonds is 6. The minimum Gasteiger partial charge on any atom is -0.392 e. The van der Waals surface area contributed by atoms with Crippen LogP contribution < -0.4 is 0 Å². The summed E-state index contributed by atoms with van der Waals surface area (Å²) in [5.74, 6) is 0.745. The van der Waals surface area contributed by atoms with Crippen LogP contribution in [0.3, 0.4) is 0 Å². The van der Waals surface area contributed by atoms with Gasteiger partial charge in [-0.2, -0.15) is 0 Å². The molecule has 0 fully saturated rings. The maximum Gasteiger partial charge on any atom is 0.0637 e. The molecule has 1 nitrogen and oxygen atoms in total. The number of hydrogen-bond donors (Lipinski definition) is 1. The fourth-order valence-electron chi connectivity index (χ4n) is 1.22. The van der Waals surface area contributed by atoms with Crippen molar-refractivity contribution >= 4 is 27.7 Å². The van der Waals surface area contributed by atoms with Crippen molar-refractivity contribution in [3.8, 4) is 0 Å². The molecule has 1 aromatic carbocycles. The van der Waals surface area contributed by atoms with Crippen molar-refractivity contribution in [2.24, 2.45) is 0 Å². The summed E-state index contributed by atoms with van der Waals surface area (Å²) in [7, 11) is 0. The third-order valence-electron chi connectivity index (χ3n) is 2.16. The number of aliphatic hydroxyl groups excluding tert-OH is 1. The van der Waals surface area contributed by atoms with Gasteiger partial charge >= 0.3 is 0 Å². The summed E-state index contributed by atoms with van der Waals surface area (Å²) < 4.78 is 1.08. The molecule has 0 bridgehead atoms. The van der Waals surface area contributed by atoms with E-state index in [9.17, 15) is 5.11 Å². The molecule has 16 heavy (non-hydrogen) atoms. The van der Waals surface area contributed by atoms with Gasteiger partial charge in [0.25, 0.3) is 0 Å². The number of thioether (sulfide) groups is 1. The van der Waals surface area contributed by atoms with Crippen LogP contribution >= 0.6 is 27.7 Å². The second-order valence-corrected chi connectivity index (χ2v) is 5.92. The molecule has 88 valence electrons. The maximum atomic E-state index is 9.74. The van der Waals surface area contributed by atoms with Crippen molar-refractivity contribution in [2.75, 3.05) is 5.75 Å². The Balaban J connectivity index is 2.28. The van der Waals surface area contributed by atoms with E-state index in [1.165, 1.54) is 4.90 Å². The summed E-state index contributed by atoms with van der Waals surface area (Å²) >= 11 is 5.09. The van der Waals surface area contributed by atoms with Crippen LogP contribution in [0.15, 0.2) is 45.8 Å². The fraction of sp³-hybridized carbons (Fsp3) is 0.385. The monoisotopic (exact) mass is 300 g/mol. The van der Waals surface area contributed by atoms with Gasteiger partial charge in [0.05, 0.1) is 6.10 Å². The van der Waals surface area contributed by atoms with E-state index in [2.05, 4.69) is 34.6 Å². The van der Waals surface area contributed by atoms with Crippen LogP contribution in [0.1, 0.15) is 19.8 Å². The molecule has 3 heteroatoms. The second kappa shape index (κ2) is 7.15. The van der Waals surface area contributed by atoms with E-state index < -0.39 is 0 Å². The highest BCUT2D eigenvalue weighted by atomic mass is 79.9. The van der Waals surface area contributed by atoms with Crippen molar-refractivity contribution in [2.45, 2.75) is 30.8 Å². The summed E-state index contributed by atoms with van der Waals surface area (Å²) in [5, 5.41) is 9.74. The fourth-order valence-corrected chi connectivity index (χ4v) is 2.36. The van der Waals surface area contributed by atoms with Gasteiger partial charge in [-0.1, -0.05) is 21.5 Å². The van der Waals surface area contributed by atoms with Crippen LogP contribution in [0.4, 0.5) is 0 Å². The van der Waals surface area contributed by atoms with E-state index in [4.69, 9.17) is 0 Å². The van der Waals surface area contributed by atoms with Crippen LogP contribution in [0.25, 0.3) is 0 Å². The Morgan fingerprint density at radius 1 is 1.44 bits per heavy atom. The molecule has 0 aliphatic heterocycles. The van der Waals surface area contributed by atoms with Gasteiger partial charge < -0.3 is 5.11 Å². The average molecular weight is 301 g/mol. The predicted molar refractivity (Wildman–Crippen MR) is 74.9 cm³/mol. The molecule has 0 spiro atoms. The largest absolute Gasteiger partial charge is 0.392 e. The Morgan fingerprint density at radius 3 is 2.62 bits per heavy atom. The number of hydrogen-bond acceptors (Lipinski definition) is 2. The first-order valence-electron chi connectivity index (χ1n) is 5.28. The van der Waals surface area contributed by atoms with Gasteiger partial charge in [-0.3, -0.25) is 0 Å². The number of halogens is 1. The van der Waals surface area contributed by atoms with Crippen LogP contribution in [-0.4, -0.2) is 17.0 Å². The zero-order valence-corrected chi connectivity index (χ0v) is 11.9. The molecule has 1 aromatic rings. The molecule has 0 aliphatic carbocycles. The lowest BCUT2D eigenvalue weighted by Crippen LogP contribution is -2.09. The zero-order chi connectivity index (χ0) is 12.0. The van der Waals surface area contributed by atoms with Gasteiger partial charge in [-0.25, -0.2) is 0 Å². The number of aliphatic hydroxyl groups is 1. The highest BCUT2D eigenvalue weighted by molar-refractivity contribution is 9.10. The van der Waals surface area contributed by atoms with Crippen LogP contribution in [0, 0.1) is 0 Å². The van der Waals surface area contributed by atoms with Crippen LogP contribution in [-0.2, 0) is 0 Å². The molecule has 1 atom stereocenters. The van der Waals surface area contributed by atoms with Gasteiger partial charge in [0.15, 0.2) is 0 Å². The Bertz CT molecular complexity index is 334. The first-order chi connectivity index (χ1) is 7.58. The Morgan fingerprint density at radius 2 is 2.06 bits per heavy atom. The van der Waals surface area contributed by atoms with Gasteiger partial charge in [-0.05, 0) is 44.0 Å². The molecule has 0 saturated heterocycles. The van der Waals surface area contributed by atoms with Crippen LogP contribution in [0.5, 0.6) is 0 Å². The quantitative estimate of drug-likeness (QED) is 0.626. The van der Waals surface area contributed by atoms with E-state index in [-0.39, 0.29) is 6.10 Å². The normalized spacial score (nSPS) is 12.4. The minimum absolute atomic E-state index is 0.245. The second-order valence-electron chi connectivity index (χ2n) is 3.91. The van der Waals surface area contributed by atoms with Gasteiger partial charge in [0.2, 0.25) is 0 Å². The van der Waals surface area contributed by atoms with Crippen LogP contribution in [0.2, 0.25) is 0 Å². The predicted octanol–water partition coefficient (Wildman–Crippen LogP) is 4.26. The zero-order valence-electron chi connectivity index (χ0n) is 9.45. The first kappa shape index (κ1) is 13.8. The molecule has 0 aliphatic rings. The summed E-state index contributed by atoms with van der Waals surface area (Å²) in [6, 6.07) is 8.14. The van der Waals surface area contributed by atoms with Crippen molar-refractivity contribution in [3.05, 3.63) is 40.9 Å². The van der Waals surface area contributed by atoms with E-state index in [1.807, 2.05) is 19.1 Å². The average Bonchev–Trinajstić information content (AvgIpc) is 2.25. The van der Waals surface area contributed by atoms with E-state index in [0.29, 0.717) is 0 Å². The molecule has 0 aromatic heterocycles. The molecule has 0 amide bonds. The lowest BCUT2D eigenvalue weighted by molar-refractivity contribution is 0.189. The smallest absolute Gasteiger partial charge is 0.0637 e. The summed E-state index contributed by atoms with van der Waals surface area (Å²) in [6.45, 7) is 5.83. The molecule has 1 unspecified atom stereocenters. The van der Waals surface area contributed by atoms with E-state index in [0.717, 1.165) is 28.6 Å².